The highest BCUT2D eigenvalue weighted by molar-refractivity contribution is 5.94. The zero-order chi connectivity index (χ0) is 21.5. The van der Waals surface area contributed by atoms with Gasteiger partial charge in [-0.1, -0.05) is 58.0 Å². The van der Waals surface area contributed by atoms with Crippen LogP contribution in [0.15, 0.2) is 67.0 Å². The molecule has 5 heteroatoms. The number of hydrogen-bond donors (Lipinski definition) is 2. The van der Waals surface area contributed by atoms with Crippen molar-refractivity contribution >= 4 is 11.6 Å². The quantitative estimate of drug-likeness (QED) is 0.554. The molecule has 2 heterocycles. The first-order valence-electron chi connectivity index (χ1n) is 10.4. The summed E-state index contributed by atoms with van der Waals surface area (Å²) in [5, 5.41) is 6.49. The monoisotopic (exact) mass is 402 g/mol. The van der Waals surface area contributed by atoms with Crippen molar-refractivity contribution in [2.24, 2.45) is 0 Å². The Hall–Kier alpha value is -3.05. The second kappa shape index (κ2) is 10.1. The molecule has 0 aliphatic rings. The fourth-order valence-electron chi connectivity index (χ4n) is 3.53. The van der Waals surface area contributed by atoms with E-state index in [0.29, 0.717) is 11.8 Å². The van der Waals surface area contributed by atoms with Gasteiger partial charge in [0.2, 0.25) is 5.91 Å². The van der Waals surface area contributed by atoms with Gasteiger partial charge in [0.05, 0.1) is 24.0 Å². The summed E-state index contributed by atoms with van der Waals surface area (Å²) in [4.78, 5) is 21.8. The normalized spacial score (nSPS) is 11.3. The lowest BCUT2D eigenvalue weighted by Gasteiger charge is -2.21. The number of nitrogens with one attached hydrogen (secondary N) is 2. The van der Waals surface area contributed by atoms with Gasteiger partial charge in [-0.3, -0.25) is 20.1 Å². The zero-order valence-corrected chi connectivity index (χ0v) is 18.1. The lowest BCUT2D eigenvalue weighted by atomic mass is 9.92. The Bertz CT molecular complexity index is 890. The molecule has 2 N–H and O–H groups in total. The van der Waals surface area contributed by atoms with E-state index >= 15 is 0 Å². The van der Waals surface area contributed by atoms with Crippen molar-refractivity contribution < 1.29 is 4.79 Å². The smallest absolute Gasteiger partial charge is 0.238 e. The maximum Gasteiger partial charge on any atom is 0.238 e. The Labute approximate surface area is 179 Å². The van der Waals surface area contributed by atoms with E-state index in [1.165, 1.54) is 0 Å². The first-order valence-corrected chi connectivity index (χ1v) is 10.4. The topological polar surface area (TPSA) is 66.9 Å². The van der Waals surface area contributed by atoms with Crippen LogP contribution >= 0.6 is 0 Å². The molecule has 30 heavy (non-hydrogen) atoms. The summed E-state index contributed by atoms with van der Waals surface area (Å²) in [5.41, 5.74) is 4.89. The molecule has 3 rings (SSSR count). The van der Waals surface area contributed by atoms with E-state index in [-0.39, 0.29) is 18.5 Å². The Morgan fingerprint density at radius 1 is 0.800 bits per heavy atom. The minimum absolute atomic E-state index is 0.0816. The van der Waals surface area contributed by atoms with Gasteiger partial charge in [-0.15, -0.1) is 0 Å². The third kappa shape index (κ3) is 5.30. The summed E-state index contributed by atoms with van der Waals surface area (Å²) in [6, 6.07) is 17.5. The molecule has 0 bridgehead atoms. The minimum Gasteiger partial charge on any atom is -0.324 e. The van der Waals surface area contributed by atoms with Gasteiger partial charge < -0.3 is 5.32 Å². The summed E-state index contributed by atoms with van der Waals surface area (Å²) in [5.74, 6) is 0.561. The number of carbonyl (C=O) groups is 1. The van der Waals surface area contributed by atoms with Gasteiger partial charge in [0, 0.05) is 18.1 Å². The van der Waals surface area contributed by atoms with Crippen LogP contribution in [0.1, 0.15) is 68.1 Å². The molecule has 0 aliphatic carbocycles. The summed E-state index contributed by atoms with van der Waals surface area (Å²) < 4.78 is 0. The third-order valence-electron chi connectivity index (χ3n) is 5.07. The van der Waals surface area contributed by atoms with Crippen molar-refractivity contribution in [3.05, 3.63) is 89.5 Å². The number of aromatic nitrogens is 2. The van der Waals surface area contributed by atoms with E-state index in [2.05, 4.69) is 66.5 Å². The number of pyridine rings is 2. The number of nitrogens with zero attached hydrogens (tertiary/aromatic N) is 2. The molecule has 0 saturated heterocycles. The summed E-state index contributed by atoms with van der Waals surface area (Å²) >= 11 is 0. The molecule has 0 atom stereocenters. The number of anilines is 1. The molecule has 0 unspecified atom stereocenters. The molecule has 3 aromatic rings. The Kier molecular flexibility index (Phi) is 7.31. The summed E-state index contributed by atoms with van der Waals surface area (Å²) in [6.45, 7) is 8.73. The number of amides is 1. The number of rotatable bonds is 8. The Balaban J connectivity index is 1.79. The molecule has 0 spiro atoms. The number of para-hydroxylation sites is 1. The van der Waals surface area contributed by atoms with Gasteiger partial charge in [-0.2, -0.15) is 0 Å². The molecule has 1 aromatic carbocycles. The lowest BCUT2D eigenvalue weighted by Crippen LogP contribution is -2.33. The van der Waals surface area contributed by atoms with Crippen LogP contribution in [0.4, 0.5) is 5.69 Å². The van der Waals surface area contributed by atoms with Gasteiger partial charge in [-0.05, 0) is 47.2 Å². The Morgan fingerprint density at radius 2 is 1.33 bits per heavy atom. The van der Waals surface area contributed by atoms with Crippen LogP contribution in [-0.2, 0) is 4.79 Å². The summed E-state index contributed by atoms with van der Waals surface area (Å²) in [7, 11) is 0. The van der Waals surface area contributed by atoms with E-state index in [1.54, 1.807) is 12.4 Å². The first-order chi connectivity index (χ1) is 14.5. The molecule has 0 radical (unpaired) electrons. The van der Waals surface area contributed by atoms with Gasteiger partial charge in [0.1, 0.15) is 0 Å². The number of benzene rings is 1. The predicted octanol–water partition coefficient (Wildman–Crippen LogP) is 5.04. The van der Waals surface area contributed by atoms with Crippen LogP contribution < -0.4 is 10.6 Å². The highest BCUT2D eigenvalue weighted by Gasteiger charge is 2.19. The van der Waals surface area contributed by atoms with Crippen molar-refractivity contribution in [1.29, 1.82) is 0 Å². The fraction of sp³-hybridized carbons (Fsp3) is 0.320. The molecular formula is C25H30N4O. The van der Waals surface area contributed by atoms with Crippen LogP contribution in [0.2, 0.25) is 0 Å². The van der Waals surface area contributed by atoms with Gasteiger partial charge in [0.25, 0.3) is 0 Å². The maximum absolute atomic E-state index is 12.9. The van der Waals surface area contributed by atoms with Crippen LogP contribution in [-0.4, -0.2) is 22.4 Å². The molecule has 5 nitrogen and oxygen atoms in total. The predicted molar refractivity (Wildman–Crippen MR) is 122 cm³/mol. The number of carbonyl (C=O) groups excluding carboxylic acids is 1. The van der Waals surface area contributed by atoms with Crippen molar-refractivity contribution in [1.82, 2.24) is 15.3 Å². The van der Waals surface area contributed by atoms with E-state index in [9.17, 15) is 4.79 Å². The summed E-state index contributed by atoms with van der Waals surface area (Å²) in [6.07, 6.45) is 3.50. The van der Waals surface area contributed by atoms with Gasteiger partial charge in [0.15, 0.2) is 0 Å². The minimum atomic E-state index is -0.261. The molecule has 156 valence electrons. The van der Waals surface area contributed by atoms with Crippen LogP contribution in [0.3, 0.4) is 0 Å². The zero-order valence-electron chi connectivity index (χ0n) is 18.1. The van der Waals surface area contributed by atoms with E-state index in [4.69, 9.17) is 0 Å². The first kappa shape index (κ1) is 21.7. The third-order valence-corrected chi connectivity index (χ3v) is 5.07. The highest BCUT2D eigenvalue weighted by atomic mass is 16.1. The van der Waals surface area contributed by atoms with Crippen molar-refractivity contribution in [2.45, 2.75) is 45.6 Å². The molecule has 0 fully saturated rings. The number of hydrogen-bond acceptors (Lipinski definition) is 4. The molecule has 0 aliphatic heterocycles. The molecule has 0 saturated carbocycles. The fourth-order valence-corrected chi connectivity index (χ4v) is 3.53. The molecule has 2 aromatic heterocycles. The molecular weight excluding hydrogens is 372 g/mol. The Morgan fingerprint density at radius 3 is 1.77 bits per heavy atom. The van der Waals surface area contributed by atoms with Crippen LogP contribution in [0.25, 0.3) is 0 Å². The van der Waals surface area contributed by atoms with E-state index < -0.39 is 0 Å². The van der Waals surface area contributed by atoms with Crippen molar-refractivity contribution in [3.8, 4) is 0 Å². The van der Waals surface area contributed by atoms with Crippen molar-refractivity contribution in [2.75, 3.05) is 11.9 Å². The standard InChI is InChI=1S/C25H30N4O/c1-17(2)19-10-9-11-20(18(3)4)24(19)29-23(30)16-28-25(21-12-5-7-14-26-21)22-13-6-8-15-27-22/h5-15,17-18,25,28H,16H2,1-4H3,(H,29,30). The van der Waals surface area contributed by atoms with E-state index in [0.717, 1.165) is 28.2 Å². The highest BCUT2D eigenvalue weighted by Crippen LogP contribution is 2.32. The van der Waals surface area contributed by atoms with Crippen LogP contribution in [0, 0.1) is 0 Å². The van der Waals surface area contributed by atoms with Crippen LogP contribution in [0.5, 0.6) is 0 Å². The van der Waals surface area contributed by atoms with Gasteiger partial charge in [-0.25, -0.2) is 0 Å². The second-order valence-corrected chi connectivity index (χ2v) is 7.99. The molecule has 1 amide bonds. The largest absolute Gasteiger partial charge is 0.324 e. The average Bonchev–Trinajstić information content (AvgIpc) is 2.75. The van der Waals surface area contributed by atoms with E-state index in [1.807, 2.05) is 36.4 Å². The SMILES string of the molecule is CC(C)c1cccc(C(C)C)c1NC(=O)CNC(c1ccccn1)c1ccccn1. The maximum atomic E-state index is 12.9. The lowest BCUT2D eigenvalue weighted by molar-refractivity contribution is -0.115. The second-order valence-electron chi connectivity index (χ2n) is 7.99. The average molecular weight is 403 g/mol. The van der Waals surface area contributed by atoms with Gasteiger partial charge >= 0.3 is 0 Å². The van der Waals surface area contributed by atoms with Crippen molar-refractivity contribution in [3.63, 3.8) is 0 Å².